The van der Waals surface area contributed by atoms with Gasteiger partial charge in [0, 0.05) is 6.61 Å². The van der Waals surface area contributed by atoms with E-state index >= 15 is 0 Å². The Balaban J connectivity index is 3.07. The SMILES string of the molecule is CC[C@@H](CN)CCO. The van der Waals surface area contributed by atoms with Crippen molar-refractivity contribution >= 4 is 0 Å². The van der Waals surface area contributed by atoms with Gasteiger partial charge >= 0.3 is 0 Å². The smallest absolute Gasteiger partial charge is 0.0434 e. The second-order valence-electron chi connectivity index (χ2n) is 2.02. The maximum atomic E-state index is 8.44. The lowest BCUT2D eigenvalue weighted by Gasteiger charge is -2.07. The molecule has 0 aliphatic heterocycles. The predicted molar refractivity (Wildman–Crippen MR) is 34.5 cm³/mol. The highest BCUT2D eigenvalue weighted by Crippen LogP contribution is 2.03. The number of aliphatic hydroxyl groups excluding tert-OH is 1. The van der Waals surface area contributed by atoms with Gasteiger partial charge in [0.25, 0.3) is 0 Å². The third-order valence-electron chi connectivity index (χ3n) is 1.45. The van der Waals surface area contributed by atoms with Gasteiger partial charge in [-0.25, -0.2) is 0 Å². The van der Waals surface area contributed by atoms with Gasteiger partial charge in [0.05, 0.1) is 0 Å². The van der Waals surface area contributed by atoms with E-state index in [1.165, 1.54) is 0 Å². The molecule has 0 saturated heterocycles. The molecular weight excluding hydrogens is 102 g/mol. The van der Waals surface area contributed by atoms with E-state index < -0.39 is 0 Å². The molecule has 0 aromatic heterocycles. The van der Waals surface area contributed by atoms with Crippen molar-refractivity contribution in [2.24, 2.45) is 11.7 Å². The second kappa shape index (κ2) is 5.06. The number of rotatable bonds is 4. The summed E-state index contributed by atoms with van der Waals surface area (Å²) >= 11 is 0. The van der Waals surface area contributed by atoms with E-state index in [1.54, 1.807) is 0 Å². The largest absolute Gasteiger partial charge is 0.396 e. The van der Waals surface area contributed by atoms with Crippen LogP contribution in [-0.2, 0) is 0 Å². The molecule has 0 radical (unpaired) electrons. The molecule has 0 spiro atoms. The molecule has 8 heavy (non-hydrogen) atoms. The Hall–Kier alpha value is -0.0800. The van der Waals surface area contributed by atoms with Gasteiger partial charge in [-0.15, -0.1) is 0 Å². The Morgan fingerprint density at radius 1 is 1.62 bits per heavy atom. The summed E-state index contributed by atoms with van der Waals surface area (Å²) < 4.78 is 0. The Labute approximate surface area is 50.7 Å². The van der Waals surface area contributed by atoms with Gasteiger partial charge in [-0.05, 0) is 18.9 Å². The third-order valence-corrected chi connectivity index (χ3v) is 1.45. The Kier molecular flexibility index (Phi) is 5.01. The van der Waals surface area contributed by atoms with Gasteiger partial charge in [0.1, 0.15) is 0 Å². The van der Waals surface area contributed by atoms with Gasteiger partial charge in [0.15, 0.2) is 0 Å². The number of hydrogen-bond acceptors (Lipinski definition) is 2. The average Bonchev–Trinajstić information content (AvgIpc) is 1.83. The van der Waals surface area contributed by atoms with Crippen molar-refractivity contribution in [2.75, 3.05) is 13.2 Å². The second-order valence-corrected chi connectivity index (χ2v) is 2.02. The normalized spacial score (nSPS) is 13.9. The highest BCUT2D eigenvalue weighted by atomic mass is 16.3. The van der Waals surface area contributed by atoms with Gasteiger partial charge in [-0.3, -0.25) is 0 Å². The lowest BCUT2D eigenvalue weighted by molar-refractivity contribution is 0.256. The summed E-state index contributed by atoms with van der Waals surface area (Å²) in [4.78, 5) is 0. The zero-order valence-corrected chi connectivity index (χ0v) is 5.43. The van der Waals surface area contributed by atoms with Crippen LogP contribution in [0.25, 0.3) is 0 Å². The third kappa shape index (κ3) is 2.99. The van der Waals surface area contributed by atoms with Crippen molar-refractivity contribution in [1.29, 1.82) is 0 Å². The van der Waals surface area contributed by atoms with Crippen molar-refractivity contribution in [1.82, 2.24) is 0 Å². The lowest BCUT2D eigenvalue weighted by Crippen LogP contribution is -2.14. The molecule has 0 saturated carbocycles. The molecule has 0 aromatic rings. The lowest BCUT2D eigenvalue weighted by atomic mass is 10.0. The van der Waals surface area contributed by atoms with Crippen LogP contribution in [0.5, 0.6) is 0 Å². The first-order chi connectivity index (χ1) is 3.85. The van der Waals surface area contributed by atoms with Crippen LogP contribution in [0.4, 0.5) is 0 Å². The Morgan fingerprint density at radius 2 is 2.25 bits per heavy atom. The Bertz CT molecular complexity index is 43.8. The fraction of sp³-hybridized carbons (Fsp3) is 1.00. The summed E-state index contributed by atoms with van der Waals surface area (Å²) in [7, 11) is 0. The fourth-order valence-electron chi connectivity index (χ4n) is 0.671. The number of nitrogens with two attached hydrogens (primary N) is 1. The van der Waals surface area contributed by atoms with Crippen molar-refractivity contribution in [2.45, 2.75) is 19.8 Å². The summed E-state index contributed by atoms with van der Waals surface area (Å²) in [6.45, 7) is 3.07. The summed E-state index contributed by atoms with van der Waals surface area (Å²) in [5.41, 5.74) is 5.36. The quantitative estimate of drug-likeness (QED) is 0.558. The zero-order chi connectivity index (χ0) is 6.41. The van der Waals surface area contributed by atoms with E-state index in [-0.39, 0.29) is 6.61 Å². The molecular formula is C6H15NO. The van der Waals surface area contributed by atoms with E-state index in [2.05, 4.69) is 6.92 Å². The molecule has 0 amide bonds. The molecule has 0 aromatic carbocycles. The highest BCUT2D eigenvalue weighted by molar-refractivity contribution is 4.55. The van der Waals surface area contributed by atoms with E-state index in [1.807, 2.05) is 0 Å². The van der Waals surface area contributed by atoms with Gasteiger partial charge in [0.2, 0.25) is 0 Å². The van der Waals surface area contributed by atoms with Gasteiger partial charge in [-0.1, -0.05) is 13.3 Å². The van der Waals surface area contributed by atoms with Gasteiger partial charge < -0.3 is 10.8 Å². The minimum atomic E-state index is 0.274. The molecule has 1 atom stereocenters. The van der Waals surface area contributed by atoms with E-state index in [0.29, 0.717) is 12.5 Å². The van der Waals surface area contributed by atoms with Crippen LogP contribution in [0, 0.1) is 5.92 Å². The molecule has 3 N–H and O–H groups in total. The summed E-state index contributed by atoms with van der Waals surface area (Å²) in [6, 6.07) is 0. The van der Waals surface area contributed by atoms with Crippen LogP contribution in [0.2, 0.25) is 0 Å². The monoisotopic (exact) mass is 117 g/mol. The van der Waals surface area contributed by atoms with Crippen molar-refractivity contribution in [3.8, 4) is 0 Å². The molecule has 0 aliphatic carbocycles. The van der Waals surface area contributed by atoms with Crippen molar-refractivity contribution < 1.29 is 5.11 Å². The van der Waals surface area contributed by atoms with Crippen molar-refractivity contribution in [3.63, 3.8) is 0 Å². The molecule has 0 heterocycles. The summed E-state index contributed by atoms with van der Waals surface area (Å²) in [6.07, 6.45) is 1.93. The molecule has 0 fully saturated rings. The standard InChI is InChI=1S/C6H15NO/c1-2-6(5-7)3-4-8/h6,8H,2-5,7H2,1H3/t6-/m1/s1. The van der Waals surface area contributed by atoms with Crippen molar-refractivity contribution in [3.05, 3.63) is 0 Å². The first-order valence-corrected chi connectivity index (χ1v) is 3.16. The van der Waals surface area contributed by atoms with Gasteiger partial charge in [-0.2, -0.15) is 0 Å². The molecule has 2 nitrogen and oxygen atoms in total. The minimum absolute atomic E-state index is 0.274. The Morgan fingerprint density at radius 3 is 2.38 bits per heavy atom. The molecule has 0 unspecified atom stereocenters. The number of aliphatic hydroxyl groups is 1. The molecule has 0 aliphatic rings. The van der Waals surface area contributed by atoms with Crippen LogP contribution in [0.15, 0.2) is 0 Å². The van der Waals surface area contributed by atoms with Crippen LogP contribution >= 0.6 is 0 Å². The first-order valence-electron chi connectivity index (χ1n) is 3.16. The topological polar surface area (TPSA) is 46.2 Å². The average molecular weight is 117 g/mol. The van der Waals surface area contributed by atoms with E-state index in [0.717, 1.165) is 12.8 Å². The van der Waals surface area contributed by atoms with Crippen LogP contribution in [-0.4, -0.2) is 18.3 Å². The minimum Gasteiger partial charge on any atom is -0.396 e. The maximum Gasteiger partial charge on any atom is 0.0434 e. The molecule has 0 rings (SSSR count). The molecule has 2 heteroatoms. The zero-order valence-electron chi connectivity index (χ0n) is 5.43. The van der Waals surface area contributed by atoms with E-state index in [9.17, 15) is 0 Å². The number of hydrogen-bond donors (Lipinski definition) is 2. The summed E-state index contributed by atoms with van der Waals surface area (Å²) in [5, 5.41) is 8.44. The van der Waals surface area contributed by atoms with Crippen LogP contribution in [0.1, 0.15) is 19.8 Å². The highest BCUT2D eigenvalue weighted by Gasteiger charge is 1.99. The molecule has 0 bridgehead atoms. The fourth-order valence-corrected chi connectivity index (χ4v) is 0.671. The molecule has 50 valence electrons. The van der Waals surface area contributed by atoms with Crippen LogP contribution in [0.3, 0.4) is 0 Å². The van der Waals surface area contributed by atoms with Crippen LogP contribution < -0.4 is 5.73 Å². The summed E-state index contributed by atoms with van der Waals surface area (Å²) in [5.74, 6) is 0.528. The van der Waals surface area contributed by atoms with E-state index in [4.69, 9.17) is 10.8 Å². The maximum absolute atomic E-state index is 8.44. The first kappa shape index (κ1) is 7.92. The predicted octanol–water partition coefficient (Wildman–Crippen LogP) is 0.354.